The van der Waals surface area contributed by atoms with Crippen LogP contribution in [0, 0.1) is 0 Å². The lowest BCUT2D eigenvalue weighted by Gasteiger charge is -2.20. The number of ether oxygens (including phenoxy) is 1. The zero-order valence-corrected chi connectivity index (χ0v) is 16.1. The van der Waals surface area contributed by atoms with Gasteiger partial charge in [0.1, 0.15) is 5.75 Å². The van der Waals surface area contributed by atoms with Gasteiger partial charge in [0.15, 0.2) is 0 Å². The molecule has 2 aromatic rings. The predicted octanol–water partition coefficient (Wildman–Crippen LogP) is 2.84. The maximum Gasteiger partial charge on any atom is 0.239 e. The van der Waals surface area contributed by atoms with E-state index in [4.69, 9.17) is 4.74 Å². The number of nitrogens with zero attached hydrogens (tertiary/aromatic N) is 1. The van der Waals surface area contributed by atoms with Crippen molar-refractivity contribution in [2.75, 3.05) is 26.7 Å². The number of methoxy groups -OCH3 is 1. The number of carbonyl (C=O) groups excluding carboxylic acids is 2. The van der Waals surface area contributed by atoms with Crippen LogP contribution in [0.1, 0.15) is 24.5 Å². The molecule has 0 heterocycles. The summed E-state index contributed by atoms with van der Waals surface area (Å²) in [6.07, 6.45) is 2.50. The molecule has 0 saturated heterocycles. The molecule has 27 heavy (non-hydrogen) atoms. The first-order chi connectivity index (χ1) is 13.1. The summed E-state index contributed by atoms with van der Waals surface area (Å²) < 4.78 is 5.14. The molecule has 5 heteroatoms. The van der Waals surface area contributed by atoms with Crippen LogP contribution in [0.3, 0.4) is 0 Å². The van der Waals surface area contributed by atoms with Crippen molar-refractivity contribution in [1.82, 2.24) is 10.2 Å². The first-order valence-corrected chi connectivity index (χ1v) is 9.27. The standard InChI is InChI=1S/C22H28N2O3/c1-18(25)24(16-14-20-10-12-21(27-2)13-11-20)17-22(26)23-15-6-9-19-7-4-3-5-8-19/h3-5,7-8,10-13H,6,9,14-17H2,1-2H3,(H,23,26). The van der Waals surface area contributed by atoms with Crippen LogP contribution in [-0.2, 0) is 22.4 Å². The third kappa shape index (κ3) is 7.52. The van der Waals surface area contributed by atoms with E-state index in [-0.39, 0.29) is 18.4 Å². The maximum atomic E-state index is 12.1. The molecular weight excluding hydrogens is 340 g/mol. The molecule has 0 radical (unpaired) electrons. The molecule has 0 unspecified atom stereocenters. The minimum Gasteiger partial charge on any atom is -0.497 e. The first kappa shape index (κ1) is 20.5. The van der Waals surface area contributed by atoms with E-state index in [1.807, 2.05) is 42.5 Å². The molecule has 0 aliphatic heterocycles. The first-order valence-electron chi connectivity index (χ1n) is 9.27. The van der Waals surface area contributed by atoms with Crippen LogP contribution < -0.4 is 10.1 Å². The van der Waals surface area contributed by atoms with Gasteiger partial charge in [-0.05, 0) is 42.5 Å². The van der Waals surface area contributed by atoms with Gasteiger partial charge in [-0.2, -0.15) is 0 Å². The Bertz CT molecular complexity index is 714. The molecule has 2 amide bonds. The van der Waals surface area contributed by atoms with E-state index in [1.54, 1.807) is 12.0 Å². The van der Waals surface area contributed by atoms with Gasteiger partial charge in [0.25, 0.3) is 0 Å². The van der Waals surface area contributed by atoms with Gasteiger partial charge in [-0.1, -0.05) is 42.5 Å². The highest BCUT2D eigenvalue weighted by Gasteiger charge is 2.13. The number of amides is 2. The molecule has 5 nitrogen and oxygen atoms in total. The molecule has 0 aliphatic carbocycles. The van der Waals surface area contributed by atoms with E-state index in [0.717, 1.165) is 24.2 Å². The SMILES string of the molecule is COc1ccc(CCN(CC(=O)NCCCc2ccccc2)C(C)=O)cc1. The summed E-state index contributed by atoms with van der Waals surface area (Å²) in [6, 6.07) is 17.9. The van der Waals surface area contributed by atoms with Crippen LogP contribution in [0.25, 0.3) is 0 Å². The van der Waals surface area contributed by atoms with Gasteiger partial charge in [0, 0.05) is 20.0 Å². The van der Waals surface area contributed by atoms with Gasteiger partial charge >= 0.3 is 0 Å². The quantitative estimate of drug-likeness (QED) is 0.656. The minimum absolute atomic E-state index is 0.0941. The minimum atomic E-state index is -0.118. The molecule has 0 saturated carbocycles. The summed E-state index contributed by atoms with van der Waals surface area (Å²) in [5, 5.41) is 2.90. The fraction of sp³-hybridized carbons (Fsp3) is 0.364. The predicted molar refractivity (Wildman–Crippen MR) is 107 cm³/mol. The second-order valence-electron chi connectivity index (χ2n) is 6.48. The molecule has 0 atom stereocenters. The Hall–Kier alpha value is -2.82. The highest BCUT2D eigenvalue weighted by Crippen LogP contribution is 2.12. The van der Waals surface area contributed by atoms with Gasteiger partial charge in [-0.15, -0.1) is 0 Å². The van der Waals surface area contributed by atoms with Crippen molar-refractivity contribution >= 4 is 11.8 Å². The zero-order chi connectivity index (χ0) is 19.5. The fourth-order valence-corrected chi connectivity index (χ4v) is 2.80. The van der Waals surface area contributed by atoms with Crippen LogP contribution in [0.5, 0.6) is 5.75 Å². The smallest absolute Gasteiger partial charge is 0.239 e. The summed E-state index contributed by atoms with van der Waals surface area (Å²) in [6.45, 7) is 2.71. The lowest BCUT2D eigenvalue weighted by atomic mass is 10.1. The Balaban J connectivity index is 1.72. The molecular formula is C22H28N2O3. The van der Waals surface area contributed by atoms with E-state index >= 15 is 0 Å². The van der Waals surface area contributed by atoms with Gasteiger partial charge in [0.05, 0.1) is 13.7 Å². The van der Waals surface area contributed by atoms with E-state index < -0.39 is 0 Å². The monoisotopic (exact) mass is 368 g/mol. The largest absolute Gasteiger partial charge is 0.497 e. The van der Waals surface area contributed by atoms with Crippen molar-refractivity contribution in [3.63, 3.8) is 0 Å². The lowest BCUT2D eigenvalue weighted by molar-refractivity contribution is -0.134. The Morgan fingerprint density at radius 2 is 1.63 bits per heavy atom. The van der Waals surface area contributed by atoms with E-state index in [0.29, 0.717) is 19.5 Å². The van der Waals surface area contributed by atoms with Gasteiger partial charge in [-0.3, -0.25) is 9.59 Å². The van der Waals surface area contributed by atoms with Gasteiger partial charge in [0.2, 0.25) is 11.8 Å². The Morgan fingerprint density at radius 3 is 2.26 bits per heavy atom. The fourth-order valence-electron chi connectivity index (χ4n) is 2.80. The second-order valence-corrected chi connectivity index (χ2v) is 6.48. The molecule has 2 rings (SSSR count). The van der Waals surface area contributed by atoms with Crippen LogP contribution in [0.4, 0.5) is 0 Å². The van der Waals surface area contributed by atoms with Crippen molar-refractivity contribution < 1.29 is 14.3 Å². The third-order valence-corrected chi connectivity index (χ3v) is 4.42. The van der Waals surface area contributed by atoms with Gasteiger partial charge in [-0.25, -0.2) is 0 Å². The molecule has 0 aliphatic rings. The number of nitrogens with one attached hydrogen (secondary N) is 1. The molecule has 2 aromatic carbocycles. The topological polar surface area (TPSA) is 58.6 Å². The number of rotatable bonds is 10. The summed E-state index contributed by atoms with van der Waals surface area (Å²) in [5.41, 5.74) is 2.36. The van der Waals surface area contributed by atoms with Crippen LogP contribution in [-0.4, -0.2) is 43.5 Å². The van der Waals surface area contributed by atoms with Gasteiger partial charge < -0.3 is 15.0 Å². The lowest BCUT2D eigenvalue weighted by Crippen LogP contribution is -2.41. The molecule has 1 N–H and O–H groups in total. The Morgan fingerprint density at radius 1 is 0.963 bits per heavy atom. The Kier molecular flexibility index (Phi) is 8.36. The summed E-state index contributed by atoms with van der Waals surface area (Å²) in [4.78, 5) is 25.6. The molecule has 0 fully saturated rings. The second kappa shape index (κ2) is 11.0. The summed E-state index contributed by atoms with van der Waals surface area (Å²) in [5.74, 6) is 0.591. The average molecular weight is 368 g/mol. The molecule has 0 spiro atoms. The number of benzene rings is 2. The molecule has 0 aromatic heterocycles. The highest BCUT2D eigenvalue weighted by molar-refractivity contribution is 5.83. The van der Waals surface area contributed by atoms with Crippen LogP contribution >= 0.6 is 0 Å². The average Bonchev–Trinajstić information content (AvgIpc) is 2.69. The molecule has 0 bridgehead atoms. The van der Waals surface area contributed by atoms with Crippen LogP contribution in [0.15, 0.2) is 54.6 Å². The summed E-state index contributed by atoms with van der Waals surface area (Å²) in [7, 11) is 1.63. The Labute approximate surface area is 161 Å². The number of hydrogen-bond donors (Lipinski definition) is 1. The van der Waals surface area contributed by atoms with E-state index in [1.165, 1.54) is 12.5 Å². The van der Waals surface area contributed by atoms with Crippen molar-refractivity contribution in [3.05, 3.63) is 65.7 Å². The normalized spacial score (nSPS) is 10.3. The third-order valence-electron chi connectivity index (χ3n) is 4.42. The summed E-state index contributed by atoms with van der Waals surface area (Å²) >= 11 is 0. The maximum absolute atomic E-state index is 12.1. The van der Waals surface area contributed by atoms with E-state index in [2.05, 4.69) is 17.4 Å². The zero-order valence-electron chi connectivity index (χ0n) is 16.1. The number of carbonyl (C=O) groups is 2. The van der Waals surface area contributed by atoms with Crippen molar-refractivity contribution in [1.29, 1.82) is 0 Å². The van der Waals surface area contributed by atoms with Crippen LogP contribution in [0.2, 0.25) is 0 Å². The number of hydrogen-bond acceptors (Lipinski definition) is 3. The molecule has 144 valence electrons. The van der Waals surface area contributed by atoms with E-state index in [9.17, 15) is 9.59 Å². The number of aryl methyl sites for hydroxylation is 1. The highest BCUT2D eigenvalue weighted by atomic mass is 16.5. The van der Waals surface area contributed by atoms with Crippen molar-refractivity contribution in [3.8, 4) is 5.75 Å². The van der Waals surface area contributed by atoms with Crippen molar-refractivity contribution in [2.24, 2.45) is 0 Å². The van der Waals surface area contributed by atoms with Crippen molar-refractivity contribution in [2.45, 2.75) is 26.2 Å².